The summed E-state index contributed by atoms with van der Waals surface area (Å²) >= 11 is 1.82. The van der Waals surface area contributed by atoms with Crippen molar-refractivity contribution >= 4 is 17.7 Å². The summed E-state index contributed by atoms with van der Waals surface area (Å²) < 4.78 is 5.93. The van der Waals surface area contributed by atoms with Crippen molar-refractivity contribution in [2.75, 3.05) is 32.9 Å². The van der Waals surface area contributed by atoms with E-state index in [1.54, 1.807) is 6.08 Å². The number of hydrogen-bond donors (Lipinski definition) is 1. The van der Waals surface area contributed by atoms with Crippen LogP contribution in [0.5, 0.6) is 5.75 Å². The lowest BCUT2D eigenvalue weighted by atomic mass is 10.2. The van der Waals surface area contributed by atoms with Crippen LogP contribution >= 0.6 is 11.8 Å². The summed E-state index contributed by atoms with van der Waals surface area (Å²) in [6.45, 7) is 1.41. The first-order valence-corrected chi connectivity index (χ1v) is 8.11. The second kappa shape index (κ2) is 8.10. The van der Waals surface area contributed by atoms with Crippen molar-refractivity contribution in [1.82, 2.24) is 10.2 Å². The minimum Gasteiger partial charge on any atom is -0.488 e. The van der Waals surface area contributed by atoms with E-state index < -0.39 is 0 Å². The van der Waals surface area contributed by atoms with Gasteiger partial charge in [-0.3, -0.25) is 4.79 Å². The van der Waals surface area contributed by atoms with Gasteiger partial charge in [0.25, 0.3) is 0 Å². The van der Waals surface area contributed by atoms with E-state index in [2.05, 4.69) is 11.4 Å². The lowest BCUT2D eigenvalue weighted by Gasteiger charge is -2.25. The van der Waals surface area contributed by atoms with Gasteiger partial charge >= 0.3 is 0 Å². The van der Waals surface area contributed by atoms with Gasteiger partial charge in [-0.1, -0.05) is 18.2 Å². The number of nitrogens with zero attached hydrogens (tertiary/aromatic N) is 1. The van der Waals surface area contributed by atoms with E-state index in [0.29, 0.717) is 6.54 Å². The van der Waals surface area contributed by atoms with E-state index in [4.69, 9.17) is 4.74 Å². The second-order valence-corrected chi connectivity index (χ2v) is 6.30. The number of thioether (sulfide) groups is 1. The van der Waals surface area contributed by atoms with E-state index in [0.717, 1.165) is 24.5 Å². The van der Waals surface area contributed by atoms with Gasteiger partial charge in [0.05, 0.1) is 0 Å². The van der Waals surface area contributed by atoms with E-state index in [9.17, 15) is 4.79 Å². The Bertz CT molecular complexity index is 503. The van der Waals surface area contributed by atoms with Crippen LogP contribution in [-0.4, -0.2) is 49.8 Å². The standard InChI is InChI=1S/C16H22N2O2S/c1-18(2)11-5-8-16(19)17-10-9-13-12-21-15-7-4-3-6-14(15)20-13/h3-8,13H,9-12H2,1-2H3,(H,17,19)/b8-5+. The molecule has 1 aromatic rings. The molecule has 0 fully saturated rings. The van der Waals surface area contributed by atoms with Gasteiger partial charge in [0, 0.05) is 36.2 Å². The molecule has 1 aliphatic heterocycles. The van der Waals surface area contributed by atoms with Gasteiger partial charge < -0.3 is 15.0 Å². The zero-order valence-electron chi connectivity index (χ0n) is 12.5. The van der Waals surface area contributed by atoms with Gasteiger partial charge in [-0.2, -0.15) is 0 Å². The van der Waals surface area contributed by atoms with Gasteiger partial charge in [-0.25, -0.2) is 0 Å². The zero-order chi connectivity index (χ0) is 15.1. The molecule has 0 bridgehead atoms. The van der Waals surface area contributed by atoms with Crippen LogP contribution in [0.3, 0.4) is 0 Å². The molecule has 0 saturated carbocycles. The number of ether oxygens (including phenoxy) is 1. The number of carbonyl (C=O) groups is 1. The van der Waals surface area contributed by atoms with Crippen molar-refractivity contribution in [2.24, 2.45) is 0 Å². The molecule has 0 radical (unpaired) electrons. The largest absolute Gasteiger partial charge is 0.488 e. The molecule has 1 aliphatic rings. The van der Waals surface area contributed by atoms with E-state index in [1.165, 1.54) is 4.90 Å². The molecule has 1 amide bonds. The predicted molar refractivity (Wildman–Crippen MR) is 86.9 cm³/mol. The predicted octanol–water partition coefficient (Wildman–Crippen LogP) is 2.16. The fourth-order valence-electron chi connectivity index (χ4n) is 1.99. The highest BCUT2D eigenvalue weighted by molar-refractivity contribution is 7.99. The van der Waals surface area contributed by atoms with Crippen LogP contribution in [0, 0.1) is 0 Å². The highest BCUT2D eigenvalue weighted by Crippen LogP contribution is 2.35. The number of hydrogen-bond acceptors (Lipinski definition) is 4. The summed E-state index contributed by atoms with van der Waals surface area (Å²) in [6, 6.07) is 8.08. The molecule has 5 heteroatoms. The molecule has 1 heterocycles. The maximum absolute atomic E-state index is 11.6. The third kappa shape index (κ3) is 5.44. The molecule has 0 saturated heterocycles. The summed E-state index contributed by atoms with van der Waals surface area (Å²) in [4.78, 5) is 14.8. The van der Waals surface area contributed by atoms with Crippen LogP contribution in [0.2, 0.25) is 0 Å². The third-order valence-electron chi connectivity index (χ3n) is 3.07. The third-order valence-corrected chi connectivity index (χ3v) is 4.26. The van der Waals surface area contributed by atoms with Crippen molar-refractivity contribution < 1.29 is 9.53 Å². The number of likely N-dealkylation sites (N-methyl/N-ethyl adjacent to an activating group) is 1. The molecule has 4 nitrogen and oxygen atoms in total. The lowest BCUT2D eigenvalue weighted by Crippen LogP contribution is -2.30. The first-order valence-electron chi connectivity index (χ1n) is 7.13. The van der Waals surface area contributed by atoms with E-state index >= 15 is 0 Å². The molecular weight excluding hydrogens is 284 g/mol. The zero-order valence-corrected chi connectivity index (χ0v) is 13.4. The smallest absolute Gasteiger partial charge is 0.243 e. The Kier molecular flexibility index (Phi) is 6.14. The van der Waals surface area contributed by atoms with Crippen molar-refractivity contribution in [3.63, 3.8) is 0 Å². The van der Waals surface area contributed by atoms with Gasteiger partial charge in [0.15, 0.2) is 0 Å². The van der Waals surface area contributed by atoms with Gasteiger partial charge in [0.1, 0.15) is 11.9 Å². The van der Waals surface area contributed by atoms with Crippen LogP contribution in [0.1, 0.15) is 6.42 Å². The molecule has 0 spiro atoms. The van der Waals surface area contributed by atoms with Crippen LogP contribution < -0.4 is 10.1 Å². The Morgan fingerprint density at radius 3 is 3.10 bits per heavy atom. The number of para-hydroxylation sites is 1. The van der Waals surface area contributed by atoms with Crippen LogP contribution in [0.4, 0.5) is 0 Å². The topological polar surface area (TPSA) is 41.6 Å². The average Bonchev–Trinajstić information content (AvgIpc) is 2.47. The molecule has 114 valence electrons. The summed E-state index contributed by atoms with van der Waals surface area (Å²) in [6.07, 6.45) is 4.44. The minimum absolute atomic E-state index is 0.0410. The van der Waals surface area contributed by atoms with Crippen molar-refractivity contribution in [1.29, 1.82) is 0 Å². The molecule has 2 rings (SSSR count). The number of carbonyl (C=O) groups excluding carboxylic acids is 1. The number of fused-ring (bicyclic) bond motifs is 1. The van der Waals surface area contributed by atoms with E-state index in [-0.39, 0.29) is 12.0 Å². The molecule has 21 heavy (non-hydrogen) atoms. The summed E-state index contributed by atoms with van der Waals surface area (Å²) in [7, 11) is 3.94. The Morgan fingerprint density at radius 1 is 1.48 bits per heavy atom. The normalized spacial score (nSPS) is 17.6. The minimum atomic E-state index is -0.0410. The number of amides is 1. The van der Waals surface area contributed by atoms with Crippen molar-refractivity contribution in [2.45, 2.75) is 17.4 Å². The first-order chi connectivity index (χ1) is 10.1. The maximum atomic E-state index is 11.6. The first kappa shape index (κ1) is 15.9. The quantitative estimate of drug-likeness (QED) is 0.818. The molecule has 1 atom stereocenters. The van der Waals surface area contributed by atoms with Gasteiger partial charge in [0.2, 0.25) is 5.91 Å². The van der Waals surface area contributed by atoms with Crippen LogP contribution in [0.15, 0.2) is 41.3 Å². The monoisotopic (exact) mass is 306 g/mol. The van der Waals surface area contributed by atoms with Gasteiger partial charge in [-0.05, 0) is 26.2 Å². The highest BCUT2D eigenvalue weighted by Gasteiger charge is 2.19. The second-order valence-electron chi connectivity index (χ2n) is 5.24. The summed E-state index contributed by atoms with van der Waals surface area (Å²) in [5, 5.41) is 2.89. The fraction of sp³-hybridized carbons (Fsp3) is 0.438. The Balaban J connectivity index is 1.68. The van der Waals surface area contributed by atoms with Crippen molar-refractivity contribution in [3.05, 3.63) is 36.4 Å². The lowest BCUT2D eigenvalue weighted by molar-refractivity contribution is -0.116. The maximum Gasteiger partial charge on any atom is 0.243 e. The van der Waals surface area contributed by atoms with Crippen LogP contribution in [0.25, 0.3) is 0 Å². The molecule has 0 aromatic heterocycles. The molecule has 0 aliphatic carbocycles. The molecule has 1 unspecified atom stereocenters. The number of rotatable bonds is 6. The highest BCUT2D eigenvalue weighted by atomic mass is 32.2. The van der Waals surface area contributed by atoms with E-state index in [1.807, 2.05) is 55.0 Å². The number of nitrogens with one attached hydrogen (secondary N) is 1. The fourth-order valence-corrected chi connectivity index (χ4v) is 3.02. The average molecular weight is 306 g/mol. The molecule has 1 aromatic carbocycles. The Morgan fingerprint density at radius 2 is 2.29 bits per heavy atom. The summed E-state index contributed by atoms with van der Waals surface area (Å²) in [5.41, 5.74) is 0. The molecular formula is C16H22N2O2S. The van der Waals surface area contributed by atoms with Crippen molar-refractivity contribution in [3.8, 4) is 5.75 Å². The van der Waals surface area contributed by atoms with Crippen LogP contribution in [-0.2, 0) is 4.79 Å². The molecule has 1 N–H and O–H groups in total. The Labute approximate surface area is 130 Å². The number of benzene rings is 1. The van der Waals surface area contributed by atoms with Gasteiger partial charge in [-0.15, -0.1) is 11.8 Å². The summed E-state index contributed by atoms with van der Waals surface area (Å²) in [5.74, 6) is 1.85. The Hall–Kier alpha value is -1.46. The SMILES string of the molecule is CN(C)C/C=C/C(=O)NCCC1CSc2ccccc2O1.